The van der Waals surface area contributed by atoms with Crippen LogP contribution in [0.1, 0.15) is 38.9 Å². The van der Waals surface area contributed by atoms with Crippen LogP contribution in [0.25, 0.3) is 122 Å². The third-order valence-corrected chi connectivity index (χ3v) is 16.0. The normalized spacial score (nSPS) is 12.0. The molecule has 3 nitrogen and oxygen atoms in total. The van der Waals surface area contributed by atoms with Gasteiger partial charge in [0.15, 0.2) is 0 Å². The number of aromatic nitrogens is 2. The van der Waals surface area contributed by atoms with Crippen LogP contribution in [0, 0.1) is 39.0 Å². The van der Waals surface area contributed by atoms with Crippen molar-refractivity contribution in [3.63, 3.8) is 0 Å². The molecule has 11 aromatic carbocycles. The van der Waals surface area contributed by atoms with Crippen molar-refractivity contribution in [3.05, 3.63) is 263 Å². The summed E-state index contributed by atoms with van der Waals surface area (Å²) in [6.45, 7) is 8.10. The number of aryl methyl sites for hydroxylation is 4. The molecule has 398 valence electrons. The lowest BCUT2D eigenvalue weighted by atomic mass is 9.85. The largest absolute Gasteiger partial charge is 0.417 e. The average molecular weight is 1080 g/mol. The Morgan fingerprint density at radius 3 is 0.927 bits per heavy atom. The number of hydrogen-bond donors (Lipinski definition) is 0. The lowest BCUT2D eigenvalue weighted by molar-refractivity contribution is -0.142. The fourth-order valence-electron chi connectivity index (χ4n) is 11.9. The number of hydrogen-bond acceptors (Lipinski definition) is 1. The third kappa shape index (κ3) is 8.88. The molecular formula is C73H49F6N3. The van der Waals surface area contributed by atoms with Crippen LogP contribution in [0.15, 0.2) is 224 Å². The third-order valence-electron chi connectivity index (χ3n) is 16.0. The van der Waals surface area contributed by atoms with E-state index in [1.54, 1.807) is 24.3 Å². The fourth-order valence-corrected chi connectivity index (χ4v) is 11.9. The van der Waals surface area contributed by atoms with Gasteiger partial charge in [-0.3, -0.25) is 0 Å². The molecule has 9 heteroatoms. The highest BCUT2D eigenvalue weighted by Crippen LogP contribution is 2.52. The molecule has 2 heterocycles. The number of alkyl halides is 6. The van der Waals surface area contributed by atoms with Crippen molar-refractivity contribution in [3.8, 4) is 84.2 Å². The second kappa shape index (κ2) is 19.7. The van der Waals surface area contributed by atoms with E-state index < -0.39 is 29.0 Å². The highest BCUT2D eigenvalue weighted by Gasteiger charge is 2.42. The predicted molar refractivity (Wildman–Crippen MR) is 321 cm³/mol. The highest BCUT2D eigenvalue weighted by molar-refractivity contribution is 6.15. The van der Waals surface area contributed by atoms with Crippen LogP contribution in [0.5, 0.6) is 0 Å². The lowest BCUT2D eigenvalue weighted by Gasteiger charge is -2.25. The predicted octanol–water partition coefficient (Wildman–Crippen LogP) is 21.0. The Morgan fingerprint density at radius 1 is 0.317 bits per heavy atom. The monoisotopic (exact) mass is 1080 g/mol. The van der Waals surface area contributed by atoms with Crippen molar-refractivity contribution in [1.82, 2.24) is 9.13 Å². The zero-order chi connectivity index (χ0) is 56.8. The van der Waals surface area contributed by atoms with Crippen molar-refractivity contribution in [2.45, 2.75) is 40.0 Å². The number of nitrogens with zero attached hydrogens (tertiary/aromatic N) is 3. The Bertz CT molecular complexity index is 4490. The molecule has 0 aliphatic rings. The summed E-state index contributed by atoms with van der Waals surface area (Å²) in [6, 6.07) is 71.3. The van der Waals surface area contributed by atoms with Crippen LogP contribution in [0.2, 0.25) is 0 Å². The first-order valence-corrected chi connectivity index (χ1v) is 26.9. The zero-order valence-corrected chi connectivity index (χ0v) is 45.0. The van der Waals surface area contributed by atoms with Gasteiger partial charge in [-0.1, -0.05) is 168 Å². The van der Waals surface area contributed by atoms with Crippen molar-refractivity contribution < 1.29 is 26.3 Å². The Morgan fingerprint density at radius 2 is 0.610 bits per heavy atom. The summed E-state index contributed by atoms with van der Waals surface area (Å²) in [7, 11) is 0. The van der Waals surface area contributed by atoms with E-state index >= 15 is 26.3 Å². The van der Waals surface area contributed by atoms with Crippen molar-refractivity contribution in [2.75, 3.05) is 0 Å². The molecule has 0 unspecified atom stereocenters. The summed E-state index contributed by atoms with van der Waals surface area (Å²) in [4.78, 5) is 0. The van der Waals surface area contributed by atoms with Gasteiger partial charge in [0.05, 0.1) is 56.2 Å². The number of rotatable bonds is 8. The quantitative estimate of drug-likeness (QED) is 0.140. The summed E-state index contributed by atoms with van der Waals surface area (Å²) in [5.41, 5.74) is 11.2. The van der Waals surface area contributed by atoms with Gasteiger partial charge in [0.2, 0.25) is 0 Å². The SMILES string of the molecule is Cc1ccc(-c2ccc3c(c2)c2cc(-c4ccc(C)cc4)ccc2n3-c2cccc(C#N)c2-c2c(-c3c(C(F)(F)F)cccc3C(F)(F)F)cccc2-n2c3ccc(-c4ccc(C)cc4)cc3c3cc(-c4ccc(C)cc4)ccc32)cc1. The Kier molecular flexibility index (Phi) is 12.4. The van der Waals surface area contributed by atoms with E-state index in [9.17, 15) is 5.26 Å². The summed E-state index contributed by atoms with van der Waals surface area (Å²) in [5, 5.41) is 14.8. The Labute approximate surface area is 469 Å². The average Bonchev–Trinajstić information content (AvgIpc) is 3.49. The number of fused-ring (bicyclic) bond motifs is 6. The van der Waals surface area contributed by atoms with Gasteiger partial charge in [-0.25, -0.2) is 0 Å². The Balaban J connectivity index is 1.18. The lowest BCUT2D eigenvalue weighted by Crippen LogP contribution is -2.15. The molecule has 13 aromatic rings. The van der Waals surface area contributed by atoms with E-state index in [0.717, 1.165) is 94.4 Å². The molecule has 0 fully saturated rings. The second-order valence-electron chi connectivity index (χ2n) is 21.3. The van der Waals surface area contributed by atoms with Crippen LogP contribution in [0.4, 0.5) is 26.3 Å². The van der Waals surface area contributed by atoms with Gasteiger partial charge in [0.1, 0.15) is 0 Å². The van der Waals surface area contributed by atoms with Crippen LogP contribution in [-0.2, 0) is 12.4 Å². The molecule has 0 bridgehead atoms. The van der Waals surface area contributed by atoms with Gasteiger partial charge in [-0.2, -0.15) is 31.6 Å². The summed E-state index contributed by atoms with van der Waals surface area (Å²) in [6.07, 6.45) is -10.5. The van der Waals surface area contributed by atoms with Gasteiger partial charge in [0, 0.05) is 38.2 Å². The maximum atomic E-state index is 15.7. The van der Waals surface area contributed by atoms with Crippen LogP contribution in [-0.4, -0.2) is 9.13 Å². The molecule has 0 saturated heterocycles. The van der Waals surface area contributed by atoms with Crippen LogP contribution in [0.3, 0.4) is 0 Å². The van der Waals surface area contributed by atoms with Crippen molar-refractivity contribution in [2.24, 2.45) is 0 Å². The van der Waals surface area contributed by atoms with E-state index in [0.29, 0.717) is 39.9 Å². The highest BCUT2D eigenvalue weighted by atomic mass is 19.4. The van der Waals surface area contributed by atoms with E-state index in [-0.39, 0.29) is 27.9 Å². The molecule has 2 aromatic heterocycles. The topological polar surface area (TPSA) is 33.6 Å². The first-order valence-electron chi connectivity index (χ1n) is 26.9. The second-order valence-corrected chi connectivity index (χ2v) is 21.3. The molecule has 0 spiro atoms. The van der Waals surface area contributed by atoms with Gasteiger partial charge in [-0.05, 0) is 157 Å². The van der Waals surface area contributed by atoms with Crippen LogP contribution >= 0.6 is 0 Å². The molecular weight excluding hydrogens is 1030 g/mol. The van der Waals surface area contributed by atoms with Crippen molar-refractivity contribution in [1.29, 1.82) is 5.26 Å². The molecule has 82 heavy (non-hydrogen) atoms. The first-order chi connectivity index (χ1) is 39.5. The summed E-state index contributed by atoms with van der Waals surface area (Å²) >= 11 is 0. The Hall–Kier alpha value is -9.91. The van der Waals surface area contributed by atoms with Gasteiger partial charge < -0.3 is 9.13 Å². The molecule has 0 atom stereocenters. The molecule has 0 saturated carbocycles. The maximum Gasteiger partial charge on any atom is 0.417 e. The fraction of sp³-hybridized carbons (Fsp3) is 0.0822. The maximum absolute atomic E-state index is 15.7. The minimum Gasteiger partial charge on any atom is -0.309 e. The standard InChI is InChI=1S/C73H49F6N3/c1-43-14-22-47(23-15-43)51-30-34-63-57(38-51)58-39-52(48-24-16-44(2)17-25-48)31-35-64(58)81(63)67-12-5-8-55(42-80)69(67)71-56(70-61(72(74,75)76)10-7-11-62(70)73(77,78)79)9-6-13-68(71)82-65-36-32-53(49-26-18-45(3)19-27-49)40-59(65)60-41-54(33-37-66(60)82)50-28-20-46(4)21-29-50/h5-41H,1-4H3. The van der Waals surface area contributed by atoms with E-state index in [1.165, 1.54) is 12.1 Å². The number of nitriles is 1. The molecule has 0 radical (unpaired) electrons. The molecule has 13 rings (SSSR count). The molecule has 0 amide bonds. The number of halogens is 6. The summed E-state index contributed by atoms with van der Waals surface area (Å²) < 4.78 is 98.4. The minimum atomic E-state index is -5.23. The smallest absolute Gasteiger partial charge is 0.309 e. The first kappa shape index (κ1) is 51.5. The van der Waals surface area contributed by atoms with Gasteiger partial charge >= 0.3 is 12.4 Å². The molecule has 0 aliphatic heterocycles. The van der Waals surface area contributed by atoms with E-state index in [4.69, 9.17) is 0 Å². The van der Waals surface area contributed by atoms with E-state index in [2.05, 4.69) is 78.9 Å². The number of benzene rings is 11. The van der Waals surface area contributed by atoms with Gasteiger partial charge in [-0.15, -0.1) is 0 Å². The zero-order valence-electron chi connectivity index (χ0n) is 45.0. The molecule has 0 aliphatic carbocycles. The van der Waals surface area contributed by atoms with E-state index in [1.807, 2.05) is 134 Å². The minimum absolute atomic E-state index is 0.00317. The van der Waals surface area contributed by atoms with Crippen LogP contribution < -0.4 is 0 Å². The summed E-state index contributed by atoms with van der Waals surface area (Å²) in [5.74, 6) is 0. The van der Waals surface area contributed by atoms with Crippen molar-refractivity contribution >= 4 is 43.6 Å². The van der Waals surface area contributed by atoms with Gasteiger partial charge in [0.25, 0.3) is 0 Å². The molecule has 0 N–H and O–H groups in total.